The van der Waals surface area contributed by atoms with E-state index in [4.69, 9.17) is 10.8 Å². The molecule has 7 heteroatoms. The van der Waals surface area contributed by atoms with Gasteiger partial charge in [0.2, 0.25) is 11.8 Å². The summed E-state index contributed by atoms with van der Waals surface area (Å²) < 4.78 is 0. The molecule has 1 heterocycles. The Labute approximate surface area is 147 Å². The zero-order valence-corrected chi connectivity index (χ0v) is 14.6. The minimum absolute atomic E-state index is 0.283. The standard InChI is InChI=1S/C18H25N3O4/c1-18(2,17(24)25)20-15(22)14-9-6-10-21(14)16(23)13(19)11-12-7-4-3-5-8-12/h3-5,7-8,13-14H,6,9-11,19H2,1-2H3,(H,20,22)(H,24,25)/t13-,14-/m0/s1. The summed E-state index contributed by atoms with van der Waals surface area (Å²) in [7, 11) is 0. The summed E-state index contributed by atoms with van der Waals surface area (Å²) >= 11 is 0. The third kappa shape index (κ3) is 4.57. The number of nitrogens with two attached hydrogens (primary N) is 1. The zero-order valence-electron chi connectivity index (χ0n) is 14.6. The summed E-state index contributed by atoms with van der Waals surface area (Å²) in [5.41, 5.74) is 5.62. The molecule has 0 bridgehead atoms. The average molecular weight is 347 g/mol. The van der Waals surface area contributed by atoms with E-state index in [1.54, 1.807) is 0 Å². The molecule has 1 aliphatic heterocycles. The number of hydrogen-bond donors (Lipinski definition) is 3. The molecule has 0 aliphatic carbocycles. The number of hydrogen-bond acceptors (Lipinski definition) is 4. The number of nitrogens with one attached hydrogen (secondary N) is 1. The molecule has 25 heavy (non-hydrogen) atoms. The van der Waals surface area contributed by atoms with E-state index >= 15 is 0 Å². The van der Waals surface area contributed by atoms with Crippen LogP contribution in [0.25, 0.3) is 0 Å². The third-order valence-corrected chi connectivity index (χ3v) is 4.42. The number of carboxylic acid groups (broad SMARTS) is 1. The first-order valence-corrected chi connectivity index (χ1v) is 8.38. The Bertz CT molecular complexity index is 645. The second-order valence-electron chi connectivity index (χ2n) is 6.91. The van der Waals surface area contributed by atoms with Crippen LogP contribution in [0.1, 0.15) is 32.3 Å². The van der Waals surface area contributed by atoms with Gasteiger partial charge in [0.25, 0.3) is 0 Å². The maximum Gasteiger partial charge on any atom is 0.328 e. The average Bonchev–Trinajstić information content (AvgIpc) is 3.04. The van der Waals surface area contributed by atoms with Crippen LogP contribution < -0.4 is 11.1 Å². The van der Waals surface area contributed by atoms with Crippen molar-refractivity contribution in [3.8, 4) is 0 Å². The van der Waals surface area contributed by atoms with Crippen LogP contribution in [-0.2, 0) is 20.8 Å². The number of amides is 2. The number of nitrogens with zero attached hydrogens (tertiary/aromatic N) is 1. The van der Waals surface area contributed by atoms with Crippen LogP contribution in [-0.4, -0.2) is 52.0 Å². The molecule has 1 aromatic carbocycles. The van der Waals surface area contributed by atoms with Crippen molar-refractivity contribution in [2.45, 2.75) is 50.7 Å². The predicted octanol–water partition coefficient (Wildman–Crippen LogP) is 0.527. The predicted molar refractivity (Wildman–Crippen MR) is 92.7 cm³/mol. The van der Waals surface area contributed by atoms with Gasteiger partial charge in [-0.25, -0.2) is 4.79 Å². The molecule has 2 atom stereocenters. The van der Waals surface area contributed by atoms with E-state index in [0.717, 1.165) is 5.56 Å². The molecule has 136 valence electrons. The monoisotopic (exact) mass is 347 g/mol. The second kappa shape index (κ2) is 7.65. The highest BCUT2D eigenvalue weighted by Crippen LogP contribution is 2.20. The molecule has 1 fully saturated rings. The molecule has 2 rings (SSSR count). The highest BCUT2D eigenvalue weighted by atomic mass is 16.4. The molecule has 0 aromatic heterocycles. The molecular formula is C18H25N3O4. The van der Waals surface area contributed by atoms with Crippen molar-refractivity contribution in [1.29, 1.82) is 0 Å². The fraction of sp³-hybridized carbons (Fsp3) is 0.500. The third-order valence-electron chi connectivity index (χ3n) is 4.42. The summed E-state index contributed by atoms with van der Waals surface area (Å²) in [6.07, 6.45) is 1.59. The van der Waals surface area contributed by atoms with Gasteiger partial charge in [-0.15, -0.1) is 0 Å². The molecule has 0 unspecified atom stereocenters. The summed E-state index contributed by atoms with van der Waals surface area (Å²) in [6.45, 7) is 3.28. The highest BCUT2D eigenvalue weighted by Gasteiger charge is 2.39. The number of benzene rings is 1. The minimum Gasteiger partial charge on any atom is -0.480 e. The number of carboxylic acids is 1. The lowest BCUT2D eigenvalue weighted by atomic mass is 10.0. The van der Waals surface area contributed by atoms with Crippen LogP contribution in [0.15, 0.2) is 30.3 Å². The Hall–Kier alpha value is -2.41. The van der Waals surface area contributed by atoms with Crippen LogP contribution in [0.5, 0.6) is 0 Å². The number of rotatable bonds is 6. The molecule has 1 aliphatic rings. The van der Waals surface area contributed by atoms with Crippen LogP contribution in [0, 0.1) is 0 Å². The Kier molecular flexibility index (Phi) is 5.79. The fourth-order valence-electron chi connectivity index (χ4n) is 2.92. The van der Waals surface area contributed by atoms with E-state index in [-0.39, 0.29) is 5.91 Å². The lowest BCUT2D eigenvalue weighted by Crippen LogP contribution is -2.57. The Morgan fingerprint density at radius 3 is 2.56 bits per heavy atom. The van der Waals surface area contributed by atoms with Crippen LogP contribution in [0.2, 0.25) is 0 Å². The molecule has 4 N–H and O–H groups in total. The van der Waals surface area contributed by atoms with Crippen molar-refractivity contribution in [2.75, 3.05) is 6.54 Å². The van der Waals surface area contributed by atoms with Gasteiger partial charge in [0.1, 0.15) is 11.6 Å². The lowest BCUT2D eigenvalue weighted by Gasteiger charge is -2.29. The van der Waals surface area contributed by atoms with Crippen LogP contribution >= 0.6 is 0 Å². The molecule has 0 spiro atoms. The highest BCUT2D eigenvalue weighted by molar-refractivity contribution is 5.93. The van der Waals surface area contributed by atoms with Crippen molar-refractivity contribution in [3.63, 3.8) is 0 Å². The van der Waals surface area contributed by atoms with E-state index in [9.17, 15) is 14.4 Å². The Morgan fingerprint density at radius 2 is 1.96 bits per heavy atom. The van der Waals surface area contributed by atoms with Crippen molar-refractivity contribution in [1.82, 2.24) is 10.2 Å². The van der Waals surface area contributed by atoms with Crippen molar-refractivity contribution in [3.05, 3.63) is 35.9 Å². The van der Waals surface area contributed by atoms with Gasteiger partial charge in [-0.3, -0.25) is 9.59 Å². The molecule has 7 nitrogen and oxygen atoms in total. The summed E-state index contributed by atoms with van der Waals surface area (Å²) in [4.78, 5) is 37.8. The first kappa shape index (κ1) is 18.9. The van der Waals surface area contributed by atoms with Crippen LogP contribution in [0.4, 0.5) is 0 Å². The second-order valence-corrected chi connectivity index (χ2v) is 6.91. The smallest absolute Gasteiger partial charge is 0.328 e. The molecule has 1 aromatic rings. The van der Waals surface area contributed by atoms with E-state index in [0.29, 0.717) is 25.8 Å². The van der Waals surface area contributed by atoms with E-state index in [1.165, 1.54) is 18.7 Å². The van der Waals surface area contributed by atoms with E-state index in [1.807, 2.05) is 30.3 Å². The van der Waals surface area contributed by atoms with Gasteiger partial charge in [-0.05, 0) is 38.7 Å². The minimum atomic E-state index is -1.39. The van der Waals surface area contributed by atoms with E-state index < -0.39 is 29.5 Å². The van der Waals surface area contributed by atoms with Crippen molar-refractivity contribution < 1.29 is 19.5 Å². The van der Waals surface area contributed by atoms with Gasteiger partial charge in [-0.1, -0.05) is 30.3 Å². The van der Waals surface area contributed by atoms with E-state index in [2.05, 4.69) is 5.32 Å². The summed E-state index contributed by atoms with van der Waals surface area (Å²) in [6, 6.07) is 8.05. The van der Waals surface area contributed by atoms with Gasteiger partial charge in [-0.2, -0.15) is 0 Å². The molecular weight excluding hydrogens is 322 g/mol. The maximum absolute atomic E-state index is 12.7. The normalized spacial score (nSPS) is 18.7. The van der Waals surface area contributed by atoms with Gasteiger partial charge in [0.05, 0.1) is 6.04 Å². The number of likely N-dealkylation sites (tertiary alicyclic amines) is 1. The summed E-state index contributed by atoms with van der Waals surface area (Å²) in [5.74, 6) is -1.86. The van der Waals surface area contributed by atoms with Crippen LogP contribution in [0.3, 0.4) is 0 Å². The molecule has 0 saturated carbocycles. The maximum atomic E-state index is 12.7. The number of carbonyl (C=O) groups is 3. The van der Waals surface area contributed by atoms with Gasteiger partial charge < -0.3 is 21.1 Å². The van der Waals surface area contributed by atoms with Crippen molar-refractivity contribution >= 4 is 17.8 Å². The Balaban J connectivity index is 2.03. The molecule has 2 amide bonds. The summed E-state index contributed by atoms with van der Waals surface area (Å²) in [5, 5.41) is 11.6. The fourth-order valence-corrected chi connectivity index (χ4v) is 2.92. The first-order valence-electron chi connectivity index (χ1n) is 8.38. The topological polar surface area (TPSA) is 113 Å². The largest absolute Gasteiger partial charge is 0.480 e. The quantitative estimate of drug-likeness (QED) is 0.695. The van der Waals surface area contributed by atoms with Gasteiger partial charge >= 0.3 is 5.97 Å². The SMILES string of the molecule is CC(C)(NC(=O)[C@@H]1CCCN1C(=O)[C@@H](N)Cc1ccccc1)C(=O)O. The lowest BCUT2D eigenvalue weighted by molar-refractivity contribution is -0.147. The zero-order chi connectivity index (χ0) is 18.6. The van der Waals surface area contributed by atoms with Gasteiger partial charge in [0.15, 0.2) is 0 Å². The number of aliphatic carboxylic acids is 1. The van der Waals surface area contributed by atoms with Gasteiger partial charge in [0, 0.05) is 6.54 Å². The first-order chi connectivity index (χ1) is 11.7. The number of carbonyl (C=O) groups excluding carboxylic acids is 2. The van der Waals surface area contributed by atoms with Crippen molar-refractivity contribution in [2.24, 2.45) is 5.73 Å². The Morgan fingerprint density at radius 1 is 1.32 bits per heavy atom. The molecule has 0 radical (unpaired) electrons. The molecule has 1 saturated heterocycles.